The second-order valence-corrected chi connectivity index (χ2v) is 9.79. The Hall–Kier alpha value is -2.74. The van der Waals surface area contributed by atoms with Crippen molar-refractivity contribution in [2.45, 2.75) is 25.0 Å². The molecule has 2 N–H and O–H groups in total. The number of aliphatic hydroxyl groups excluding tert-OH is 1. The Morgan fingerprint density at radius 1 is 1.25 bits per heavy atom. The van der Waals surface area contributed by atoms with Crippen molar-refractivity contribution in [3.8, 4) is 11.1 Å². The van der Waals surface area contributed by atoms with Crippen molar-refractivity contribution < 1.29 is 9.90 Å². The molecule has 1 aromatic heterocycles. The molecule has 6 nitrogen and oxygen atoms in total. The molecule has 3 atom stereocenters. The van der Waals surface area contributed by atoms with Gasteiger partial charge >= 0.3 is 0 Å². The van der Waals surface area contributed by atoms with Crippen LogP contribution in [0.1, 0.15) is 33.4 Å². The zero-order valence-corrected chi connectivity index (χ0v) is 19.2. The number of nitrogens with one attached hydrogen (secondary N) is 1. The molecule has 2 aromatic carbocycles. The van der Waals surface area contributed by atoms with Crippen molar-refractivity contribution in [1.29, 1.82) is 0 Å². The normalized spacial score (nSPS) is 22.2. The number of hydrogen-bond acceptors (Lipinski definition) is 6. The summed E-state index contributed by atoms with van der Waals surface area (Å²) in [4.78, 5) is 21.1. The maximum Gasteiger partial charge on any atom is 0.253 e. The van der Waals surface area contributed by atoms with E-state index in [-0.39, 0.29) is 24.6 Å². The van der Waals surface area contributed by atoms with Crippen LogP contribution in [0.25, 0.3) is 11.1 Å². The van der Waals surface area contributed by atoms with Crippen LogP contribution in [-0.2, 0) is 6.54 Å². The van der Waals surface area contributed by atoms with Gasteiger partial charge in [0, 0.05) is 48.9 Å². The number of thiazole rings is 1. The Balaban J connectivity index is 1.52. The van der Waals surface area contributed by atoms with Crippen LogP contribution in [0.4, 0.5) is 5.69 Å². The van der Waals surface area contributed by atoms with Crippen LogP contribution in [0, 0.1) is 5.92 Å². The molecular weight excluding hydrogens is 420 g/mol. The summed E-state index contributed by atoms with van der Waals surface area (Å²) < 4.78 is 0. The summed E-state index contributed by atoms with van der Waals surface area (Å²) in [6.45, 7) is 1.94. The highest BCUT2D eigenvalue weighted by molar-refractivity contribution is 7.09. The molecule has 0 saturated carbocycles. The van der Waals surface area contributed by atoms with E-state index < -0.39 is 0 Å². The average molecular weight is 449 g/mol. The van der Waals surface area contributed by atoms with E-state index in [2.05, 4.69) is 39.5 Å². The molecule has 5 rings (SSSR count). The maximum atomic E-state index is 12.5. The summed E-state index contributed by atoms with van der Waals surface area (Å²) in [5.74, 6) is 0.354. The van der Waals surface area contributed by atoms with Crippen molar-refractivity contribution in [1.82, 2.24) is 14.8 Å². The van der Waals surface area contributed by atoms with Gasteiger partial charge < -0.3 is 15.3 Å². The van der Waals surface area contributed by atoms with Crippen molar-refractivity contribution in [2.24, 2.45) is 5.92 Å². The van der Waals surface area contributed by atoms with Crippen LogP contribution in [0.2, 0.25) is 0 Å². The van der Waals surface area contributed by atoms with Gasteiger partial charge in [0.15, 0.2) is 0 Å². The SMILES string of the molecule is CN(C)C(=O)c1cccc(-c2ccc3c(c2)[C@H]2[C@H](CCN2Cc2nccs2)[C@H](CO)N3)c1. The van der Waals surface area contributed by atoms with Gasteiger partial charge in [0.25, 0.3) is 5.91 Å². The van der Waals surface area contributed by atoms with Gasteiger partial charge in [-0.3, -0.25) is 9.69 Å². The van der Waals surface area contributed by atoms with Crippen molar-refractivity contribution >= 4 is 22.9 Å². The quantitative estimate of drug-likeness (QED) is 0.620. The monoisotopic (exact) mass is 448 g/mol. The summed E-state index contributed by atoms with van der Waals surface area (Å²) >= 11 is 1.69. The highest BCUT2D eigenvalue weighted by Crippen LogP contribution is 2.47. The zero-order valence-electron chi connectivity index (χ0n) is 18.4. The van der Waals surface area contributed by atoms with E-state index in [4.69, 9.17) is 0 Å². The number of amides is 1. The van der Waals surface area contributed by atoms with Crippen molar-refractivity contribution in [3.63, 3.8) is 0 Å². The number of likely N-dealkylation sites (tertiary alicyclic amines) is 1. The number of rotatable bonds is 5. The predicted molar refractivity (Wildman–Crippen MR) is 128 cm³/mol. The topological polar surface area (TPSA) is 68.7 Å². The molecule has 0 radical (unpaired) electrons. The number of aliphatic hydroxyl groups is 1. The summed E-state index contributed by atoms with van der Waals surface area (Å²) in [5.41, 5.74) is 5.16. The number of nitrogens with zero attached hydrogens (tertiary/aromatic N) is 3. The van der Waals surface area contributed by atoms with Gasteiger partial charge in [-0.15, -0.1) is 11.3 Å². The molecule has 2 aliphatic heterocycles. The van der Waals surface area contributed by atoms with Crippen LogP contribution in [0.15, 0.2) is 54.0 Å². The molecule has 0 aliphatic carbocycles. The Bertz CT molecular complexity index is 1110. The van der Waals surface area contributed by atoms with Gasteiger partial charge in [-0.1, -0.05) is 18.2 Å². The number of anilines is 1. The number of aromatic nitrogens is 1. The smallest absolute Gasteiger partial charge is 0.253 e. The molecule has 1 amide bonds. The molecule has 3 heterocycles. The van der Waals surface area contributed by atoms with E-state index in [1.807, 2.05) is 29.8 Å². The second kappa shape index (κ2) is 8.65. The van der Waals surface area contributed by atoms with Crippen LogP contribution < -0.4 is 5.32 Å². The number of benzene rings is 2. The van der Waals surface area contributed by atoms with E-state index in [1.54, 1.807) is 30.3 Å². The summed E-state index contributed by atoms with van der Waals surface area (Å²) in [7, 11) is 3.54. The highest BCUT2D eigenvalue weighted by atomic mass is 32.1. The fourth-order valence-corrected chi connectivity index (χ4v) is 5.75. The van der Waals surface area contributed by atoms with Crippen molar-refractivity contribution in [3.05, 3.63) is 70.2 Å². The molecule has 32 heavy (non-hydrogen) atoms. The van der Waals surface area contributed by atoms with Gasteiger partial charge in [-0.2, -0.15) is 0 Å². The Morgan fingerprint density at radius 3 is 2.84 bits per heavy atom. The van der Waals surface area contributed by atoms with E-state index in [0.29, 0.717) is 11.5 Å². The third-order valence-corrected chi connectivity index (χ3v) is 7.41. The van der Waals surface area contributed by atoms with E-state index in [1.165, 1.54) is 5.56 Å². The van der Waals surface area contributed by atoms with Gasteiger partial charge in [-0.05, 0) is 53.9 Å². The fourth-order valence-electron chi connectivity index (χ4n) is 5.11. The Labute approximate surface area is 192 Å². The zero-order chi connectivity index (χ0) is 22.2. The standard InChI is InChI=1S/C25H28N4O2S/c1-28(2)25(31)18-5-3-4-16(12-18)17-6-7-21-20(13-17)24-19(22(15-30)27-21)8-10-29(24)14-23-26-9-11-32-23/h3-7,9,11-13,19,22,24,27,30H,8,10,14-15H2,1-2H3/t19-,22+,24-/m1/s1. The molecule has 0 bridgehead atoms. The first-order valence-electron chi connectivity index (χ1n) is 11.0. The molecular formula is C25H28N4O2S. The molecule has 1 saturated heterocycles. The highest BCUT2D eigenvalue weighted by Gasteiger charge is 2.44. The number of hydrogen-bond donors (Lipinski definition) is 2. The number of carbonyl (C=O) groups is 1. The molecule has 3 aromatic rings. The first kappa shape index (κ1) is 21.1. The lowest BCUT2D eigenvalue weighted by Gasteiger charge is -2.39. The summed E-state index contributed by atoms with van der Waals surface area (Å²) in [6.07, 6.45) is 2.91. The summed E-state index contributed by atoms with van der Waals surface area (Å²) in [5, 5.41) is 16.8. The lowest BCUT2D eigenvalue weighted by Crippen LogP contribution is -2.41. The van der Waals surface area contributed by atoms with Gasteiger partial charge in [0.05, 0.1) is 19.2 Å². The van der Waals surface area contributed by atoms with E-state index in [0.717, 1.165) is 41.3 Å². The second-order valence-electron chi connectivity index (χ2n) is 8.81. The van der Waals surface area contributed by atoms with Crippen LogP contribution in [0.3, 0.4) is 0 Å². The minimum absolute atomic E-state index is 0.00254. The summed E-state index contributed by atoms with van der Waals surface area (Å²) in [6, 6.07) is 14.6. The lowest BCUT2D eigenvalue weighted by molar-refractivity contribution is 0.0827. The largest absolute Gasteiger partial charge is 0.394 e. The predicted octanol–water partition coefficient (Wildman–Crippen LogP) is 3.86. The van der Waals surface area contributed by atoms with Gasteiger partial charge in [-0.25, -0.2) is 4.98 Å². The molecule has 7 heteroatoms. The van der Waals surface area contributed by atoms with Crippen molar-refractivity contribution in [2.75, 3.05) is 32.6 Å². The third kappa shape index (κ3) is 3.81. The first-order chi connectivity index (χ1) is 15.5. The lowest BCUT2D eigenvalue weighted by atomic mass is 9.82. The average Bonchev–Trinajstić information content (AvgIpc) is 3.48. The van der Waals surface area contributed by atoms with E-state index >= 15 is 0 Å². The minimum atomic E-state index is 0.00254. The minimum Gasteiger partial charge on any atom is -0.394 e. The van der Waals surface area contributed by atoms with Gasteiger partial charge in [0.2, 0.25) is 0 Å². The molecule has 2 aliphatic rings. The fraction of sp³-hybridized carbons (Fsp3) is 0.360. The van der Waals surface area contributed by atoms with Crippen LogP contribution >= 0.6 is 11.3 Å². The molecule has 166 valence electrons. The number of fused-ring (bicyclic) bond motifs is 3. The maximum absolute atomic E-state index is 12.5. The molecule has 0 unspecified atom stereocenters. The van der Waals surface area contributed by atoms with Crippen LogP contribution in [-0.4, -0.2) is 59.1 Å². The Morgan fingerprint density at radius 2 is 2.09 bits per heavy atom. The number of carbonyl (C=O) groups excluding carboxylic acids is 1. The van der Waals surface area contributed by atoms with Crippen LogP contribution in [0.5, 0.6) is 0 Å². The first-order valence-corrected chi connectivity index (χ1v) is 11.9. The Kier molecular flexibility index (Phi) is 5.71. The molecule has 0 spiro atoms. The van der Waals surface area contributed by atoms with Gasteiger partial charge in [0.1, 0.15) is 5.01 Å². The van der Waals surface area contributed by atoms with E-state index in [9.17, 15) is 9.90 Å². The molecule has 1 fully saturated rings. The third-order valence-electron chi connectivity index (χ3n) is 6.64.